The first kappa shape index (κ1) is 18.3. The van der Waals surface area contributed by atoms with Crippen molar-refractivity contribution in [1.82, 2.24) is 9.89 Å². The molecule has 0 aliphatic rings. The van der Waals surface area contributed by atoms with Crippen LogP contribution in [0.2, 0.25) is 5.02 Å². The molecule has 0 amide bonds. The fourth-order valence-corrected chi connectivity index (χ4v) is 4.17. The number of hydrogen-bond donors (Lipinski definition) is 1. The standard InChI is InChI=1S/C21H16ClN3O2S/c22-19-20(16-10-4-1-5-11-16)23-25(21(19)17-12-6-2-7-13-17)24-28(26,27)18-14-8-3-9-15-18/h1-15,24H. The van der Waals surface area contributed by atoms with E-state index in [-0.39, 0.29) is 4.90 Å². The normalized spacial score (nSPS) is 11.3. The number of sulfonamides is 1. The summed E-state index contributed by atoms with van der Waals surface area (Å²) in [7, 11) is -3.84. The van der Waals surface area contributed by atoms with Crippen molar-refractivity contribution < 1.29 is 8.42 Å². The quantitative estimate of drug-likeness (QED) is 0.514. The molecule has 4 rings (SSSR count). The molecule has 0 atom stereocenters. The molecule has 0 bridgehead atoms. The molecule has 0 aliphatic heterocycles. The van der Waals surface area contributed by atoms with Gasteiger partial charge in [0.05, 0.1) is 9.92 Å². The van der Waals surface area contributed by atoms with Crippen molar-refractivity contribution in [3.63, 3.8) is 0 Å². The van der Waals surface area contributed by atoms with Crippen molar-refractivity contribution in [3.8, 4) is 22.5 Å². The largest absolute Gasteiger partial charge is 0.276 e. The third-order valence-corrected chi connectivity index (χ3v) is 5.85. The molecule has 0 fully saturated rings. The lowest BCUT2D eigenvalue weighted by Crippen LogP contribution is -2.25. The molecule has 0 saturated carbocycles. The first-order valence-electron chi connectivity index (χ1n) is 8.53. The summed E-state index contributed by atoms with van der Waals surface area (Å²) < 4.78 is 25.7. The number of aromatic nitrogens is 2. The summed E-state index contributed by atoms with van der Waals surface area (Å²) in [6, 6.07) is 26.8. The van der Waals surface area contributed by atoms with Crippen molar-refractivity contribution in [3.05, 3.63) is 96.0 Å². The van der Waals surface area contributed by atoms with Gasteiger partial charge < -0.3 is 0 Å². The Labute approximate surface area is 168 Å². The average Bonchev–Trinajstić information content (AvgIpc) is 3.05. The molecule has 0 spiro atoms. The summed E-state index contributed by atoms with van der Waals surface area (Å²) >= 11 is 6.66. The smallest absolute Gasteiger partial charge is 0.200 e. The fourth-order valence-electron chi connectivity index (χ4n) is 2.86. The number of nitrogens with one attached hydrogen (secondary N) is 1. The highest BCUT2D eigenvalue weighted by Crippen LogP contribution is 2.36. The number of hydrogen-bond acceptors (Lipinski definition) is 3. The molecule has 140 valence electrons. The summed E-state index contributed by atoms with van der Waals surface area (Å²) in [5.41, 5.74) is 2.51. The van der Waals surface area contributed by atoms with Crippen LogP contribution in [0.25, 0.3) is 22.5 Å². The zero-order chi connectivity index (χ0) is 19.6. The molecule has 5 nitrogen and oxygen atoms in total. The molecule has 0 radical (unpaired) electrons. The van der Waals surface area contributed by atoms with Crippen molar-refractivity contribution in [2.75, 3.05) is 4.83 Å². The van der Waals surface area contributed by atoms with Crippen molar-refractivity contribution in [1.29, 1.82) is 0 Å². The van der Waals surface area contributed by atoms with E-state index in [0.717, 1.165) is 11.1 Å². The monoisotopic (exact) mass is 409 g/mol. The van der Waals surface area contributed by atoms with Gasteiger partial charge in [-0.1, -0.05) is 90.5 Å². The molecule has 4 aromatic rings. The maximum atomic E-state index is 12.8. The maximum Gasteiger partial charge on any atom is 0.276 e. The molecule has 1 N–H and O–H groups in total. The van der Waals surface area contributed by atoms with E-state index in [9.17, 15) is 8.42 Å². The van der Waals surface area contributed by atoms with Gasteiger partial charge in [0.15, 0.2) is 0 Å². The second-order valence-electron chi connectivity index (χ2n) is 6.06. The van der Waals surface area contributed by atoms with Gasteiger partial charge in [0.1, 0.15) is 11.4 Å². The molecule has 0 unspecified atom stereocenters. The SMILES string of the molecule is O=S(=O)(Nn1nc(-c2ccccc2)c(Cl)c1-c1ccccc1)c1ccccc1. The van der Waals surface area contributed by atoms with Crippen LogP contribution in [0.15, 0.2) is 95.9 Å². The Bertz CT molecular complexity index is 1190. The van der Waals surface area contributed by atoms with E-state index in [1.165, 1.54) is 16.9 Å². The zero-order valence-corrected chi connectivity index (χ0v) is 16.2. The minimum Gasteiger partial charge on any atom is -0.200 e. The number of benzene rings is 3. The van der Waals surface area contributed by atoms with E-state index in [1.807, 2.05) is 60.7 Å². The number of nitrogens with zero attached hydrogens (tertiary/aromatic N) is 2. The van der Waals surface area contributed by atoms with Gasteiger partial charge >= 0.3 is 0 Å². The predicted octanol–water partition coefficient (Wildman–Crippen LogP) is 4.80. The Morgan fingerprint density at radius 3 is 1.82 bits per heavy atom. The van der Waals surface area contributed by atoms with Gasteiger partial charge in [-0.2, -0.15) is 18.0 Å². The topological polar surface area (TPSA) is 64.0 Å². The summed E-state index contributed by atoms with van der Waals surface area (Å²) in [5, 5.41) is 4.83. The molecular weight excluding hydrogens is 394 g/mol. The van der Waals surface area contributed by atoms with Gasteiger partial charge in [-0.15, -0.1) is 5.10 Å². The number of halogens is 1. The Hall–Kier alpha value is -3.09. The summed E-state index contributed by atoms with van der Waals surface area (Å²) in [5.74, 6) is 0. The van der Waals surface area contributed by atoms with Crippen LogP contribution in [0, 0.1) is 0 Å². The van der Waals surface area contributed by atoms with E-state index in [0.29, 0.717) is 16.4 Å². The summed E-state index contributed by atoms with van der Waals surface area (Å²) in [6.45, 7) is 0. The van der Waals surface area contributed by atoms with Crippen molar-refractivity contribution in [2.24, 2.45) is 0 Å². The van der Waals surface area contributed by atoms with Crippen LogP contribution in [0.4, 0.5) is 0 Å². The first-order valence-corrected chi connectivity index (χ1v) is 10.4. The molecule has 1 heterocycles. The first-order chi connectivity index (χ1) is 13.6. The van der Waals surface area contributed by atoms with Gasteiger partial charge in [-0.3, -0.25) is 0 Å². The van der Waals surface area contributed by atoms with Crippen LogP contribution in [0.1, 0.15) is 0 Å². The lowest BCUT2D eigenvalue weighted by atomic mass is 10.1. The average molecular weight is 410 g/mol. The third-order valence-electron chi connectivity index (χ3n) is 4.18. The lowest BCUT2D eigenvalue weighted by molar-refractivity contribution is 0.592. The second kappa shape index (κ2) is 7.50. The van der Waals surface area contributed by atoms with Crippen LogP contribution in [-0.4, -0.2) is 18.3 Å². The Morgan fingerprint density at radius 2 is 1.25 bits per heavy atom. The van der Waals surface area contributed by atoms with E-state index in [4.69, 9.17) is 11.6 Å². The van der Waals surface area contributed by atoms with Gasteiger partial charge in [0.25, 0.3) is 10.0 Å². The highest BCUT2D eigenvalue weighted by molar-refractivity contribution is 7.92. The minimum atomic E-state index is -3.84. The highest BCUT2D eigenvalue weighted by Gasteiger charge is 2.23. The lowest BCUT2D eigenvalue weighted by Gasteiger charge is -2.11. The van der Waals surface area contributed by atoms with Gasteiger partial charge in [0.2, 0.25) is 0 Å². The number of rotatable bonds is 5. The molecule has 1 aromatic heterocycles. The molecular formula is C21H16ClN3O2S. The zero-order valence-electron chi connectivity index (χ0n) is 14.7. The molecule has 0 saturated heterocycles. The Balaban J connectivity index is 1.87. The molecule has 28 heavy (non-hydrogen) atoms. The minimum absolute atomic E-state index is 0.141. The van der Waals surface area contributed by atoms with Crippen molar-refractivity contribution >= 4 is 21.6 Å². The van der Waals surface area contributed by atoms with E-state index in [2.05, 4.69) is 9.93 Å². The van der Waals surface area contributed by atoms with Gasteiger partial charge in [-0.05, 0) is 12.1 Å². The van der Waals surface area contributed by atoms with Crippen LogP contribution in [0.5, 0.6) is 0 Å². The van der Waals surface area contributed by atoms with E-state index < -0.39 is 10.0 Å². The summed E-state index contributed by atoms with van der Waals surface area (Å²) in [6.07, 6.45) is 0. The Kier molecular flexibility index (Phi) is 4.90. The van der Waals surface area contributed by atoms with Crippen LogP contribution in [0.3, 0.4) is 0 Å². The molecule has 0 aliphatic carbocycles. The maximum absolute atomic E-state index is 12.8. The van der Waals surface area contributed by atoms with Crippen LogP contribution >= 0.6 is 11.6 Å². The highest BCUT2D eigenvalue weighted by atomic mass is 35.5. The molecule has 7 heteroatoms. The predicted molar refractivity (Wildman–Crippen MR) is 111 cm³/mol. The van der Waals surface area contributed by atoms with E-state index in [1.54, 1.807) is 18.2 Å². The van der Waals surface area contributed by atoms with Gasteiger partial charge in [-0.25, -0.2) is 0 Å². The fraction of sp³-hybridized carbons (Fsp3) is 0. The van der Waals surface area contributed by atoms with Crippen LogP contribution in [-0.2, 0) is 10.0 Å². The second-order valence-corrected chi connectivity index (χ2v) is 8.10. The Morgan fingerprint density at radius 1 is 0.750 bits per heavy atom. The van der Waals surface area contributed by atoms with Crippen molar-refractivity contribution in [2.45, 2.75) is 4.90 Å². The summed E-state index contributed by atoms with van der Waals surface area (Å²) in [4.78, 5) is 3.89. The van der Waals surface area contributed by atoms with Crippen LogP contribution < -0.4 is 4.83 Å². The van der Waals surface area contributed by atoms with Gasteiger partial charge in [0, 0.05) is 11.1 Å². The van der Waals surface area contributed by atoms with E-state index >= 15 is 0 Å². The third kappa shape index (κ3) is 3.52. The molecule has 3 aromatic carbocycles.